The summed E-state index contributed by atoms with van der Waals surface area (Å²) in [5, 5.41) is 3.43. The summed E-state index contributed by atoms with van der Waals surface area (Å²) in [6, 6.07) is 28.0. The molecule has 0 bridgehead atoms. The second-order valence-electron chi connectivity index (χ2n) is 7.64. The van der Waals surface area contributed by atoms with Crippen molar-refractivity contribution in [3.8, 4) is 33.8 Å². The number of halogens is 1. The Kier molecular flexibility index (Phi) is 6.93. The van der Waals surface area contributed by atoms with Crippen LogP contribution in [0, 0.1) is 0 Å². The van der Waals surface area contributed by atoms with Gasteiger partial charge in [0.15, 0.2) is 0 Å². The lowest BCUT2D eigenvalue weighted by Crippen LogP contribution is -1.94. The number of hydrogen-bond acceptors (Lipinski definition) is 2. The van der Waals surface area contributed by atoms with Crippen LogP contribution in [0.5, 0.6) is 11.5 Å². The summed E-state index contributed by atoms with van der Waals surface area (Å²) in [6.45, 7) is 0. The molecule has 2 nitrogen and oxygen atoms in total. The van der Waals surface area contributed by atoms with E-state index in [4.69, 9.17) is 9.47 Å². The molecule has 0 aliphatic heterocycles. The smallest absolute Gasteiger partial charge is 0.119 e. The van der Waals surface area contributed by atoms with Gasteiger partial charge in [-0.05, 0) is 94.3 Å². The lowest BCUT2D eigenvalue weighted by Gasteiger charge is -2.17. The van der Waals surface area contributed by atoms with Crippen molar-refractivity contribution in [1.82, 2.24) is 0 Å². The van der Waals surface area contributed by atoms with Crippen molar-refractivity contribution in [2.45, 2.75) is 19.3 Å². The highest BCUT2D eigenvalue weighted by molar-refractivity contribution is 9.09. The first-order valence-corrected chi connectivity index (χ1v) is 11.8. The molecule has 0 aromatic heterocycles. The molecule has 0 amide bonds. The summed E-state index contributed by atoms with van der Waals surface area (Å²) in [4.78, 5) is 0. The molecular weight excluding hydrogens is 448 g/mol. The van der Waals surface area contributed by atoms with Gasteiger partial charge < -0.3 is 9.47 Å². The van der Waals surface area contributed by atoms with Crippen LogP contribution in [0.4, 0.5) is 0 Å². The molecule has 0 fully saturated rings. The number of alkyl halides is 1. The van der Waals surface area contributed by atoms with Gasteiger partial charge in [-0.25, -0.2) is 0 Å². The Morgan fingerprint density at radius 2 is 1.35 bits per heavy atom. The van der Waals surface area contributed by atoms with Gasteiger partial charge in [-0.2, -0.15) is 0 Å². The zero-order valence-corrected chi connectivity index (χ0v) is 19.6. The number of aryl methyl sites for hydroxylation is 1. The van der Waals surface area contributed by atoms with E-state index in [1.807, 2.05) is 18.2 Å². The molecule has 0 saturated heterocycles. The first-order valence-electron chi connectivity index (χ1n) is 10.6. The van der Waals surface area contributed by atoms with Crippen LogP contribution in [0.3, 0.4) is 0 Å². The van der Waals surface area contributed by atoms with E-state index in [0.717, 1.165) is 23.2 Å². The quantitative estimate of drug-likeness (QED) is 0.190. The normalized spacial score (nSPS) is 10.9. The van der Waals surface area contributed by atoms with E-state index in [0.29, 0.717) is 0 Å². The molecule has 0 aliphatic rings. The van der Waals surface area contributed by atoms with Gasteiger partial charge in [-0.1, -0.05) is 58.4 Å². The van der Waals surface area contributed by atoms with Crippen LogP contribution < -0.4 is 9.47 Å². The minimum atomic E-state index is 0.867. The lowest BCUT2D eigenvalue weighted by molar-refractivity contribution is 0.415. The topological polar surface area (TPSA) is 18.5 Å². The predicted molar refractivity (Wildman–Crippen MR) is 135 cm³/mol. The van der Waals surface area contributed by atoms with Crippen molar-refractivity contribution in [2.24, 2.45) is 0 Å². The number of hydrogen-bond donors (Lipinski definition) is 0. The standard InChI is InChI=1S/C28H27BrO2/c1-30-24-13-10-21(11-14-24)27-18-22-12-15-25(31-2)17-23(22)19-28(27)26-9-4-3-7-20(26)8-5-6-16-29/h3-4,7,9-15,17-19H,5-6,8,16H2,1-2H3. The Hall–Kier alpha value is -2.78. The molecule has 158 valence electrons. The van der Waals surface area contributed by atoms with E-state index in [-0.39, 0.29) is 0 Å². The van der Waals surface area contributed by atoms with E-state index in [9.17, 15) is 0 Å². The number of methoxy groups -OCH3 is 2. The maximum absolute atomic E-state index is 5.48. The molecule has 0 unspecified atom stereocenters. The first kappa shape index (κ1) is 21.5. The third-order valence-electron chi connectivity index (χ3n) is 5.72. The minimum Gasteiger partial charge on any atom is -0.497 e. The van der Waals surface area contributed by atoms with Crippen LogP contribution in [0.25, 0.3) is 33.0 Å². The molecule has 0 heterocycles. The van der Waals surface area contributed by atoms with Crippen LogP contribution in [0.15, 0.2) is 78.9 Å². The van der Waals surface area contributed by atoms with Gasteiger partial charge >= 0.3 is 0 Å². The van der Waals surface area contributed by atoms with E-state index < -0.39 is 0 Å². The lowest BCUT2D eigenvalue weighted by atomic mass is 9.88. The molecule has 3 heteroatoms. The van der Waals surface area contributed by atoms with E-state index in [2.05, 4.69) is 76.6 Å². The SMILES string of the molecule is COc1ccc(-c2cc3ccc(OC)cc3cc2-c2ccccc2CCCCBr)cc1. The molecule has 0 saturated carbocycles. The summed E-state index contributed by atoms with van der Waals surface area (Å²) in [7, 11) is 3.42. The Balaban J connectivity index is 1.91. The van der Waals surface area contributed by atoms with E-state index in [1.54, 1.807) is 14.2 Å². The van der Waals surface area contributed by atoms with Crippen molar-refractivity contribution >= 4 is 26.7 Å². The van der Waals surface area contributed by atoms with Crippen molar-refractivity contribution < 1.29 is 9.47 Å². The maximum atomic E-state index is 5.48. The summed E-state index contributed by atoms with van der Waals surface area (Å²) >= 11 is 3.56. The Morgan fingerprint density at radius 1 is 0.645 bits per heavy atom. The third kappa shape index (κ3) is 4.77. The van der Waals surface area contributed by atoms with Gasteiger partial charge in [0.25, 0.3) is 0 Å². The van der Waals surface area contributed by atoms with E-state index >= 15 is 0 Å². The third-order valence-corrected chi connectivity index (χ3v) is 6.28. The van der Waals surface area contributed by atoms with Gasteiger partial charge in [0.05, 0.1) is 14.2 Å². The van der Waals surface area contributed by atoms with Crippen LogP contribution in [-0.4, -0.2) is 19.5 Å². The number of rotatable bonds is 8. The number of unbranched alkanes of at least 4 members (excludes halogenated alkanes) is 1. The average molecular weight is 475 g/mol. The van der Waals surface area contributed by atoms with Crippen LogP contribution in [0.2, 0.25) is 0 Å². The minimum absolute atomic E-state index is 0.867. The molecular formula is C28H27BrO2. The molecule has 4 aromatic rings. The van der Waals surface area contributed by atoms with Gasteiger partial charge in [0.1, 0.15) is 11.5 Å². The Morgan fingerprint density at radius 3 is 2.10 bits per heavy atom. The second kappa shape index (κ2) is 10.0. The average Bonchev–Trinajstić information content (AvgIpc) is 2.83. The molecule has 4 aromatic carbocycles. The van der Waals surface area contributed by atoms with Crippen molar-refractivity contribution in [1.29, 1.82) is 0 Å². The molecule has 0 atom stereocenters. The summed E-state index contributed by atoms with van der Waals surface area (Å²) in [6.07, 6.45) is 3.41. The first-order chi connectivity index (χ1) is 15.2. The van der Waals surface area contributed by atoms with Gasteiger partial charge in [0, 0.05) is 5.33 Å². The van der Waals surface area contributed by atoms with Crippen molar-refractivity contribution in [3.05, 3.63) is 84.4 Å². The second-order valence-corrected chi connectivity index (χ2v) is 8.44. The Labute approximate surface area is 193 Å². The summed E-state index contributed by atoms with van der Waals surface area (Å²) in [5.41, 5.74) is 6.35. The highest BCUT2D eigenvalue weighted by Gasteiger charge is 2.13. The molecule has 0 radical (unpaired) electrons. The van der Waals surface area contributed by atoms with Crippen molar-refractivity contribution in [3.63, 3.8) is 0 Å². The predicted octanol–water partition coefficient (Wildman–Crippen LogP) is 7.91. The fraction of sp³-hybridized carbons (Fsp3) is 0.214. The Bertz CT molecular complexity index is 1170. The summed E-state index contributed by atoms with van der Waals surface area (Å²) < 4.78 is 10.9. The number of fused-ring (bicyclic) bond motifs is 1. The highest BCUT2D eigenvalue weighted by atomic mass is 79.9. The van der Waals surface area contributed by atoms with Crippen LogP contribution >= 0.6 is 15.9 Å². The molecule has 31 heavy (non-hydrogen) atoms. The monoisotopic (exact) mass is 474 g/mol. The number of ether oxygens (including phenoxy) is 2. The maximum Gasteiger partial charge on any atom is 0.119 e. The van der Waals surface area contributed by atoms with Gasteiger partial charge in [-0.15, -0.1) is 0 Å². The zero-order valence-electron chi connectivity index (χ0n) is 18.0. The van der Waals surface area contributed by atoms with Crippen LogP contribution in [0.1, 0.15) is 18.4 Å². The fourth-order valence-electron chi connectivity index (χ4n) is 4.05. The van der Waals surface area contributed by atoms with Crippen molar-refractivity contribution in [2.75, 3.05) is 19.5 Å². The molecule has 0 spiro atoms. The van der Waals surface area contributed by atoms with Gasteiger partial charge in [0.2, 0.25) is 0 Å². The molecule has 0 aliphatic carbocycles. The van der Waals surface area contributed by atoms with Gasteiger partial charge in [-0.3, -0.25) is 0 Å². The summed E-state index contributed by atoms with van der Waals surface area (Å²) in [5.74, 6) is 1.74. The number of benzene rings is 4. The zero-order chi connectivity index (χ0) is 21.6. The fourth-order valence-corrected chi connectivity index (χ4v) is 4.44. The highest BCUT2D eigenvalue weighted by Crippen LogP contribution is 2.39. The van der Waals surface area contributed by atoms with Crippen LogP contribution in [-0.2, 0) is 6.42 Å². The van der Waals surface area contributed by atoms with E-state index in [1.165, 1.54) is 51.4 Å². The largest absolute Gasteiger partial charge is 0.497 e. The molecule has 0 N–H and O–H groups in total. The molecule has 4 rings (SSSR count).